The summed E-state index contributed by atoms with van der Waals surface area (Å²) < 4.78 is 2.10. The summed E-state index contributed by atoms with van der Waals surface area (Å²) in [6.07, 6.45) is 2.54. The molecule has 2 aromatic rings. The van der Waals surface area contributed by atoms with E-state index in [2.05, 4.69) is 22.9 Å². The second-order valence-electron chi connectivity index (χ2n) is 3.84. The second kappa shape index (κ2) is 3.46. The van der Waals surface area contributed by atoms with Crippen LogP contribution in [0.5, 0.6) is 0 Å². The minimum atomic E-state index is -0.277. The summed E-state index contributed by atoms with van der Waals surface area (Å²) in [4.78, 5) is 0. The van der Waals surface area contributed by atoms with Crippen molar-refractivity contribution in [2.75, 3.05) is 0 Å². The molecule has 1 aromatic carbocycles. The zero-order valence-corrected chi connectivity index (χ0v) is 8.57. The molecule has 0 aliphatic heterocycles. The fourth-order valence-corrected chi connectivity index (χ4v) is 1.91. The largest absolute Gasteiger partial charge is 0.393 e. The lowest BCUT2D eigenvalue weighted by atomic mass is 10.1. The molecule has 1 heterocycles. The summed E-state index contributed by atoms with van der Waals surface area (Å²) in [6, 6.07) is 8.27. The van der Waals surface area contributed by atoms with Gasteiger partial charge in [-0.2, -0.15) is 0 Å². The molecule has 74 valence electrons. The van der Waals surface area contributed by atoms with Gasteiger partial charge in [0.2, 0.25) is 0 Å². The first-order valence-electron chi connectivity index (χ1n) is 4.89. The molecule has 0 radical (unpaired) electrons. The van der Waals surface area contributed by atoms with Crippen molar-refractivity contribution in [2.45, 2.75) is 19.4 Å². The minimum absolute atomic E-state index is 0.277. The number of hydrogen-bond donors (Lipinski definition) is 1. The zero-order valence-electron chi connectivity index (χ0n) is 8.57. The fraction of sp³-hybridized carbons (Fsp3) is 0.333. The predicted molar refractivity (Wildman–Crippen MR) is 58.3 cm³/mol. The first-order valence-corrected chi connectivity index (χ1v) is 4.89. The van der Waals surface area contributed by atoms with Crippen LogP contribution in [-0.2, 0) is 13.5 Å². The predicted octanol–water partition coefficient (Wildman–Crippen LogP) is 2.10. The summed E-state index contributed by atoms with van der Waals surface area (Å²) in [7, 11) is 2.04. The molecule has 0 spiro atoms. The third-order valence-corrected chi connectivity index (χ3v) is 2.49. The van der Waals surface area contributed by atoms with Crippen molar-refractivity contribution >= 4 is 10.9 Å². The number of aryl methyl sites for hydroxylation is 1. The summed E-state index contributed by atoms with van der Waals surface area (Å²) >= 11 is 0. The van der Waals surface area contributed by atoms with E-state index in [0.29, 0.717) is 0 Å². The monoisotopic (exact) mass is 189 g/mol. The molecular weight excluding hydrogens is 174 g/mol. The molecule has 1 atom stereocenters. The van der Waals surface area contributed by atoms with Gasteiger partial charge < -0.3 is 9.67 Å². The normalized spacial score (nSPS) is 13.4. The Kier molecular flexibility index (Phi) is 2.30. The Hall–Kier alpha value is -1.28. The highest BCUT2D eigenvalue weighted by Crippen LogP contribution is 2.21. The van der Waals surface area contributed by atoms with Crippen molar-refractivity contribution in [1.82, 2.24) is 4.57 Å². The van der Waals surface area contributed by atoms with Crippen molar-refractivity contribution in [3.63, 3.8) is 0 Å². The van der Waals surface area contributed by atoms with E-state index in [9.17, 15) is 5.11 Å². The van der Waals surface area contributed by atoms with Gasteiger partial charge in [0.05, 0.1) is 6.10 Å². The Bertz CT molecular complexity index is 443. The van der Waals surface area contributed by atoms with Crippen molar-refractivity contribution in [3.05, 3.63) is 36.0 Å². The number of fused-ring (bicyclic) bond motifs is 1. The van der Waals surface area contributed by atoms with Crippen LogP contribution in [0.2, 0.25) is 0 Å². The van der Waals surface area contributed by atoms with Gasteiger partial charge in [0, 0.05) is 30.6 Å². The lowest BCUT2D eigenvalue weighted by Crippen LogP contribution is -2.03. The van der Waals surface area contributed by atoms with E-state index in [0.717, 1.165) is 6.42 Å². The molecule has 1 unspecified atom stereocenters. The van der Waals surface area contributed by atoms with E-state index < -0.39 is 0 Å². The summed E-state index contributed by atoms with van der Waals surface area (Å²) in [5, 5.41) is 10.6. The molecule has 2 nitrogen and oxygen atoms in total. The van der Waals surface area contributed by atoms with Gasteiger partial charge in [-0.05, 0) is 18.6 Å². The van der Waals surface area contributed by atoms with Crippen molar-refractivity contribution < 1.29 is 5.11 Å². The Morgan fingerprint density at radius 2 is 2.07 bits per heavy atom. The molecule has 0 saturated heterocycles. The Labute approximate surface area is 83.8 Å². The lowest BCUT2D eigenvalue weighted by molar-refractivity contribution is 0.196. The molecule has 2 heteroatoms. The van der Waals surface area contributed by atoms with Gasteiger partial charge in [0.15, 0.2) is 0 Å². The number of hydrogen-bond acceptors (Lipinski definition) is 1. The molecule has 2 rings (SSSR count). The van der Waals surface area contributed by atoms with Crippen LogP contribution in [0, 0.1) is 0 Å². The number of benzene rings is 1. The molecular formula is C12H15NO. The average molecular weight is 189 g/mol. The molecule has 0 aliphatic carbocycles. The highest BCUT2D eigenvalue weighted by molar-refractivity contribution is 5.83. The van der Waals surface area contributed by atoms with Gasteiger partial charge >= 0.3 is 0 Å². The van der Waals surface area contributed by atoms with E-state index in [1.807, 2.05) is 26.1 Å². The summed E-state index contributed by atoms with van der Waals surface area (Å²) in [5.74, 6) is 0. The highest BCUT2D eigenvalue weighted by atomic mass is 16.3. The van der Waals surface area contributed by atoms with Crippen molar-refractivity contribution in [3.8, 4) is 0 Å². The molecule has 0 saturated carbocycles. The van der Waals surface area contributed by atoms with E-state index in [1.165, 1.54) is 16.5 Å². The second-order valence-corrected chi connectivity index (χ2v) is 3.84. The van der Waals surface area contributed by atoms with Gasteiger partial charge in [0.25, 0.3) is 0 Å². The first kappa shape index (κ1) is 9.28. The SMILES string of the molecule is CC(O)Cc1cn(C)c2ccccc12. The Morgan fingerprint density at radius 1 is 1.36 bits per heavy atom. The molecule has 0 bridgehead atoms. The third kappa shape index (κ3) is 1.53. The molecule has 1 N–H and O–H groups in total. The van der Waals surface area contributed by atoms with Gasteiger partial charge in [-0.3, -0.25) is 0 Å². The van der Waals surface area contributed by atoms with Crippen LogP contribution in [0.3, 0.4) is 0 Å². The maximum Gasteiger partial charge on any atom is 0.0553 e. The van der Waals surface area contributed by atoms with Crippen LogP contribution < -0.4 is 0 Å². The maximum absolute atomic E-state index is 9.37. The van der Waals surface area contributed by atoms with E-state index in [4.69, 9.17) is 0 Å². The molecule has 0 amide bonds. The van der Waals surface area contributed by atoms with E-state index in [1.54, 1.807) is 0 Å². The van der Waals surface area contributed by atoms with Gasteiger partial charge in [-0.15, -0.1) is 0 Å². The van der Waals surface area contributed by atoms with Crippen LogP contribution >= 0.6 is 0 Å². The van der Waals surface area contributed by atoms with E-state index in [-0.39, 0.29) is 6.10 Å². The minimum Gasteiger partial charge on any atom is -0.393 e. The van der Waals surface area contributed by atoms with Crippen LogP contribution in [-0.4, -0.2) is 15.8 Å². The Balaban J connectivity index is 2.55. The zero-order chi connectivity index (χ0) is 10.1. The fourth-order valence-electron chi connectivity index (χ4n) is 1.91. The number of rotatable bonds is 2. The van der Waals surface area contributed by atoms with Gasteiger partial charge in [-0.25, -0.2) is 0 Å². The summed E-state index contributed by atoms with van der Waals surface area (Å²) in [5.41, 5.74) is 2.45. The standard InChI is InChI=1S/C12H15NO/c1-9(14)7-10-8-13(2)12-6-4-3-5-11(10)12/h3-6,8-9,14H,7H2,1-2H3. The highest BCUT2D eigenvalue weighted by Gasteiger charge is 2.07. The topological polar surface area (TPSA) is 25.2 Å². The number of nitrogens with zero attached hydrogens (tertiary/aromatic N) is 1. The summed E-state index contributed by atoms with van der Waals surface area (Å²) in [6.45, 7) is 1.82. The smallest absolute Gasteiger partial charge is 0.0553 e. The number of aliphatic hydroxyl groups is 1. The molecule has 14 heavy (non-hydrogen) atoms. The lowest BCUT2D eigenvalue weighted by Gasteiger charge is -2.01. The van der Waals surface area contributed by atoms with E-state index >= 15 is 0 Å². The van der Waals surface area contributed by atoms with Crippen LogP contribution in [0.15, 0.2) is 30.5 Å². The molecule has 1 aromatic heterocycles. The average Bonchev–Trinajstić information content (AvgIpc) is 2.44. The first-order chi connectivity index (χ1) is 6.68. The van der Waals surface area contributed by atoms with Gasteiger partial charge in [0.1, 0.15) is 0 Å². The number of para-hydroxylation sites is 1. The number of aromatic nitrogens is 1. The number of aliphatic hydroxyl groups excluding tert-OH is 1. The van der Waals surface area contributed by atoms with Crippen LogP contribution in [0.1, 0.15) is 12.5 Å². The molecule has 0 fully saturated rings. The molecule has 0 aliphatic rings. The van der Waals surface area contributed by atoms with Crippen molar-refractivity contribution in [2.24, 2.45) is 7.05 Å². The quantitative estimate of drug-likeness (QED) is 0.769. The van der Waals surface area contributed by atoms with Crippen molar-refractivity contribution in [1.29, 1.82) is 0 Å². The maximum atomic E-state index is 9.37. The Morgan fingerprint density at radius 3 is 2.79 bits per heavy atom. The third-order valence-electron chi connectivity index (χ3n) is 2.49. The van der Waals surface area contributed by atoms with Crippen LogP contribution in [0.4, 0.5) is 0 Å². The van der Waals surface area contributed by atoms with Gasteiger partial charge in [-0.1, -0.05) is 18.2 Å². The van der Waals surface area contributed by atoms with Crippen LogP contribution in [0.25, 0.3) is 10.9 Å².